The van der Waals surface area contributed by atoms with Crippen LogP contribution in [0.15, 0.2) is 24.3 Å². The molecule has 0 unspecified atom stereocenters. The number of carbonyl (C=O) groups is 2. The fraction of sp³-hybridized carbons (Fsp3) is 0.353. The van der Waals surface area contributed by atoms with Gasteiger partial charge in [0, 0.05) is 23.8 Å². The second kappa shape index (κ2) is 6.18. The van der Waals surface area contributed by atoms with Gasteiger partial charge in [-0.3, -0.25) is 9.59 Å². The molecule has 2 amide bonds. The molecule has 1 fully saturated rings. The number of carbonyl (C=O) groups excluding carboxylic acids is 2. The van der Waals surface area contributed by atoms with E-state index in [0.717, 1.165) is 23.4 Å². The summed E-state index contributed by atoms with van der Waals surface area (Å²) in [4.78, 5) is 31.9. The number of nitrogens with zero attached hydrogens (tertiary/aromatic N) is 2. The number of hydrogen-bond acceptors (Lipinski definition) is 4. The lowest BCUT2D eigenvalue weighted by molar-refractivity contribution is -0.117. The van der Waals surface area contributed by atoms with Gasteiger partial charge in [0.1, 0.15) is 0 Å². The molecule has 1 N–H and O–H groups in total. The number of halogens is 1. The monoisotopic (exact) mass is 361 g/mol. The zero-order valence-electron chi connectivity index (χ0n) is 12.9. The van der Waals surface area contributed by atoms with Gasteiger partial charge in [0.25, 0.3) is 5.91 Å². The fourth-order valence-electron chi connectivity index (χ4n) is 2.78. The predicted molar refractivity (Wildman–Crippen MR) is 93.4 cm³/mol. The van der Waals surface area contributed by atoms with Crippen LogP contribution in [0.5, 0.6) is 0 Å². The van der Waals surface area contributed by atoms with E-state index in [4.69, 9.17) is 11.6 Å². The molecule has 7 heteroatoms. The number of aromatic nitrogens is 1. The summed E-state index contributed by atoms with van der Waals surface area (Å²) in [6.07, 6.45) is 2.63. The summed E-state index contributed by atoms with van der Waals surface area (Å²) in [6.45, 7) is 1.12. The molecular formula is C17H16ClN3O2S. The van der Waals surface area contributed by atoms with Gasteiger partial charge < -0.3 is 10.2 Å². The molecule has 2 heterocycles. The third-order valence-electron chi connectivity index (χ3n) is 4.30. The van der Waals surface area contributed by atoms with E-state index in [1.165, 1.54) is 11.3 Å². The van der Waals surface area contributed by atoms with Crippen molar-refractivity contribution in [3.05, 3.63) is 45.4 Å². The molecule has 0 spiro atoms. The second-order valence-corrected chi connectivity index (χ2v) is 7.60. The van der Waals surface area contributed by atoms with Gasteiger partial charge >= 0.3 is 0 Å². The number of rotatable bonds is 3. The number of anilines is 1. The van der Waals surface area contributed by atoms with Crippen LogP contribution in [0.25, 0.3) is 0 Å². The molecule has 2 aromatic rings. The third kappa shape index (κ3) is 3.03. The Bertz CT molecular complexity index is 816. The van der Waals surface area contributed by atoms with Gasteiger partial charge in [-0.05, 0) is 25.0 Å². The minimum absolute atomic E-state index is 0.0603. The summed E-state index contributed by atoms with van der Waals surface area (Å²) < 4.78 is 0. The van der Waals surface area contributed by atoms with Crippen molar-refractivity contribution in [2.45, 2.75) is 25.8 Å². The Hall–Kier alpha value is -1.92. The van der Waals surface area contributed by atoms with E-state index in [0.29, 0.717) is 35.2 Å². The van der Waals surface area contributed by atoms with Crippen LogP contribution in [-0.4, -0.2) is 28.2 Å². The van der Waals surface area contributed by atoms with Crippen molar-refractivity contribution >= 4 is 39.9 Å². The zero-order valence-corrected chi connectivity index (χ0v) is 14.5. The highest BCUT2D eigenvalue weighted by atomic mass is 35.5. The summed E-state index contributed by atoms with van der Waals surface area (Å²) >= 11 is 7.59. The highest BCUT2D eigenvalue weighted by Gasteiger charge is 2.31. The van der Waals surface area contributed by atoms with E-state index in [1.54, 1.807) is 17.0 Å². The van der Waals surface area contributed by atoms with Crippen molar-refractivity contribution < 1.29 is 9.59 Å². The van der Waals surface area contributed by atoms with Crippen LogP contribution in [0, 0.1) is 5.92 Å². The maximum Gasteiger partial charge on any atom is 0.255 e. The van der Waals surface area contributed by atoms with Crippen molar-refractivity contribution in [3.63, 3.8) is 0 Å². The Morgan fingerprint density at radius 3 is 2.83 bits per heavy atom. The minimum atomic E-state index is -0.0665. The maximum absolute atomic E-state index is 12.7. The summed E-state index contributed by atoms with van der Waals surface area (Å²) in [6, 6.07) is 7.09. The maximum atomic E-state index is 12.7. The summed E-state index contributed by atoms with van der Waals surface area (Å²) in [5.41, 5.74) is 1.50. The number of thiazole rings is 1. The van der Waals surface area contributed by atoms with Crippen molar-refractivity contribution in [2.75, 3.05) is 11.9 Å². The van der Waals surface area contributed by atoms with E-state index < -0.39 is 0 Å². The highest BCUT2D eigenvalue weighted by molar-refractivity contribution is 7.15. The van der Waals surface area contributed by atoms with E-state index >= 15 is 0 Å². The molecule has 1 aromatic carbocycles. The average molecular weight is 362 g/mol. The molecule has 2 aliphatic rings. The summed E-state index contributed by atoms with van der Waals surface area (Å²) in [5, 5.41) is 4.00. The SMILES string of the molecule is O=C(Nc1nc2c(s1)CN(C(=O)c1ccccc1Cl)CC2)C1CC1. The molecule has 0 atom stereocenters. The predicted octanol–water partition coefficient (Wildman–Crippen LogP) is 3.34. The fourth-order valence-corrected chi connectivity index (χ4v) is 4.02. The lowest BCUT2D eigenvalue weighted by atomic mass is 10.1. The van der Waals surface area contributed by atoms with Crippen LogP contribution in [0.3, 0.4) is 0 Å². The van der Waals surface area contributed by atoms with Crippen LogP contribution < -0.4 is 5.32 Å². The molecule has 124 valence electrons. The molecule has 1 saturated carbocycles. The van der Waals surface area contributed by atoms with Gasteiger partial charge in [0.05, 0.1) is 22.8 Å². The van der Waals surface area contributed by atoms with Gasteiger partial charge in [-0.25, -0.2) is 4.98 Å². The molecule has 24 heavy (non-hydrogen) atoms. The number of benzene rings is 1. The average Bonchev–Trinajstić information content (AvgIpc) is 3.35. The molecular weight excluding hydrogens is 346 g/mol. The number of fused-ring (bicyclic) bond motifs is 1. The largest absolute Gasteiger partial charge is 0.333 e. The summed E-state index contributed by atoms with van der Waals surface area (Å²) in [7, 11) is 0. The molecule has 1 aromatic heterocycles. The molecule has 0 radical (unpaired) electrons. The van der Waals surface area contributed by atoms with E-state index in [2.05, 4.69) is 10.3 Å². The molecule has 4 rings (SSSR count). The first-order chi connectivity index (χ1) is 11.6. The van der Waals surface area contributed by atoms with Crippen LogP contribution in [0.2, 0.25) is 5.02 Å². The molecule has 0 saturated heterocycles. The second-order valence-electron chi connectivity index (χ2n) is 6.11. The van der Waals surface area contributed by atoms with Crippen LogP contribution >= 0.6 is 22.9 Å². The van der Waals surface area contributed by atoms with Gasteiger partial charge in [-0.1, -0.05) is 35.1 Å². The number of nitrogens with one attached hydrogen (secondary N) is 1. The van der Waals surface area contributed by atoms with Crippen molar-refractivity contribution in [2.24, 2.45) is 5.92 Å². The van der Waals surface area contributed by atoms with E-state index in [9.17, 15) is 9.59 Å². The van der Waals surface area contributed by atoms with Crippen LogP contribution in [0.1, 0.15) is 33.8 Å². The van der Waals surface area contributed by atoms with Gasteiger partial charge in [0.2, 0.25) is 5.91 Å². The Morgan fingerprint density at radius 1 is 1.29 bits per heavy atom. The Kier molecular flexibility index (Phi) is 4.02. The Labute approximate surface area is 148 Å². The van der Waals surface area contributed by atoms with Crippen molar-refractivity contribution in [1.82, 2.24) is 9.88 Å². The first kappa shape index (κ1) is 15.6. The standard InChI is InChI=1S/C17H16ClN3O2S/c18-12-4-2-1-3-11(12)16(23)21-8-7-13-14(9-21)24-17(19-13)20-15(22)10-5-6-10/h1-4,10H,5-9H2,(H,19,20,22). The first-order valence-electron chi connectivity index (χ1n) is 7.95. The molecule has 5 nitrogen and oxygen atoms in total. The summed E-state index contributed by atoms with van der Waals surface area (Å²) in [5.74, 6) is 0.150. The number of hydrogen-bond donors (Lipinski definition) is 1. The Morgan fingerprint density at radius 2 is 2.08 bits per heavy atom. The topological polar surface area (TPSA) is 62.3 Å². The van der Waals surface area contributed by atoms with Crippen molar-refractivity contribution in [1.29, 1.82) is 0 Å². The lowest BCUT2D eigenvalue weighted by Gasteiger charge is -2.26. The van der Waals surface area contributed by atoms with Gasteiger partial charge in [-0.15, -0.1) is 0 Å². The molecule has 1 aliphatic carbocycles. The molecule has 0 bridgehead atoms. The van der Waals surface area contributed by atoms with Gasteiger partial charge in [0.15, 0.2) is 5.13 Å². The lowest BCUT2D eigenvalue weighted by Crippen LogP contribution is -2.35. The normalized spacial score (nSPS) is 16.6. The quantitative estimate of drug-likeness (QED) is 0.911. The minimum Gasteiger partial charge on any atom is -0.333 e. The zero-order chi connectivity index (χ0) is 16.7. The van der Waals surface area contributed by atoms with Crippen LogP contribution in [0.4, 0.5) is 5.13 Å². The third-order valence-corrected chi connectivity index (χ3v) is 5.63. The van der Waals surface area contributed by atoms with E-state index in [-0.39, 0.29) is 17.7 Å². The first-order valence-corrected chi connectivity index (χ1v) is 9.14. The smallest absolute Gasteiger partial charge is 0.255 e. The van der Waals surface area contributed by atoms with Crippen molar-refractivity contribution in [3.8, 4) is 0 Å². The highest BCUT2D eigenvalue weighted by Crippen LogP contribution is 2.33. The number of amides is 2. The van der Waals surface area contributed by atoms with E-state index in [1.807, 2.05) is 12.1 Å². The molecule has 1 aliphatic heterocycles. The van der Waals surface area contributed by atoms with Gasteiger partial charge in [-0.2, -0.15) is 0 Å². The van der Waals surface area contributed by atoms with Crippen LogP contribution in [-0.2, 0) is 17.8 Å². The Balaban J connectivity index is 1.49.